The molecule has 0 unspecified atom stereocenters. The third kappa shape index (κ3) is 6.25. The molecule has 1 aromatic carbocycles. The lowest BCUT2D eigenvalue weighted by molar-refractivity contribution is -0.384. The number of carbonyl (C=O) groups is 1. The molecule has 0 bridgehead atoms. The Kier molecular flexibility index (Phi) is 4.93. The Balaban J connectivity index is 2.63. The van der Waals surface area contributed by atoms with E-state index in [1.54, 1.807) is 0 Å². The first-order chi connectivity index (χ1) is 9.48. The van der Waals surface area contributed by atoms with Crippen LogP contribution in [0.1, 0.15) is 41.0 Å². The van der Waals surface area contributed by atoms with E-state index in [0.29, 0.717) is 5.69 Å². The summed E-state index contributed by atoms with van der Waals surface area (Å²) in [5.74, 6) is 0. The molecule has 6 nitrogen and oxygen atoms in total. The largest absolute Gasteiger partial charge is 0.333 e. The first-order valence-electron chi connectivity index (χ1n) is 6.82. The molecule has 0 saturated carbocycles. The van der Waals surface area contributed by atoms with E-state index in [9.17, 15) is 14.9 Å². The van der Waals surface area contributed by atoms with Crippen LogP contribution in [0.2, 0.25) is 0 Å². The topological polar surface area (TPSA) is 84.3 Å². The second-order valence-electron chi connectivity index (χ2n) is 7.00. The molecule has 0 radical (unpaired) electrons. The summed E-state index contributed by atoms with van der Waals surface area (Å²) in [6, 6.07) is 5.41. The Morgan fingerprint density at radius 1 is 1.14 bits per heavy atom. The molecule has 0 aliphatic heterocycles. The van der Waals surface area contributed by atoms with Gasteiger partial charge in [0, 0.05) is 23.4 Å². The molecule has 21 heavy (non-hydrogen) atoms. The molecule has 0 spiro atoms. The zero-order valence-corrected chi connectivity index (χ0v) is 13.2. The maximum atomic E-state index is 12.0. The van der Waals surface area contributed by atoms with E-state index in [-0.39, 0.29) is 22.7 Å². The first kappa shape index (κ1) is 16.9. The summed E-state index contributed by atoms with van der Waals surface area (Å²) in [5.41, 5.74) is 0.270. The fraction of sp³-hybridized carbons (Fsp3) is 0.533. The highest BCUT2D eigenvalue weighted by Gasteiger charge is 2.26. The van der Waals surface area contributed by atoms with Crippen LogP contribution in [0, 0.1) is 15.5 Å². The number of nitro groups is 1. The maximum Gasteiger partial charge on any atom is 0.319 e. The highest BCUT2D eigenvalue weighted by Crippen LogP contribution is 2.26. The van der Waals surface area contributed by atoms with E-state index in [2.05, 4.69) is 31.4 Å². The van der Waals surface area contributed by atoms with Crippen molar-refractivity contribution in [1.82, 2.24) is 5.32 Å². The van der Waals surface area contributed by atoms with Crippen LogP contribution in [0.5, 0.6) is 0 Å². The summed E-state index contributed by atoms with van der Waals surface area (Å²) < 4.78 is 0. The minimum Gasteiger partial charge on any atom is -0.333 e. The van der Waals surface area contributed by atoms with Crippen LogP contribution in [0.4, 0.5) is 16.2 Å². The van der Waals surface area contributed by atoms with Crippen LogP contribution < -0.4 is 10.6 Å². The van der Waals surface area contributed by atoms with Gasteiger partial charge in [-0.2, -0.15) is 0 Å². The summed E-state index contributed by atoms with van der Waals surface area (Å²) in [7, 11) is 0. The molecule has 2 amide bonds. The van der Waals surface area contributed by atoms with Crippen molar-refractivity contribution in [3.8, 4) is 0 Å². The number of hydrogen-bond donors (Lipinski definition) is 2. The van der Waals surface area contributed by atoms with Gasteiger partial charge in [-0.15, -0.1) is 0 Å². The molecule has 2 N–H and O–H groups in total. The van der Waals surface area contributed by atoms with E-state index < -0.39 is 4.92 Å². The lowest BCUT2D eigenvalue weighted by Crippen LogP contribution is -2.47. The molecule has 6 heteroatoms. The van der Waals surface area contributed by atoms with Gasteiger partial charge in [0.15, 0.2) is 0 Å². The van der Waals surface area contributed by atoms with Gasteiger partial charge in [-0.25, -0.2) is 4.79 Å². The second kappa shape index (κ2) is 6.11. The summed E-state index contributed by atoms with van der Waals surface area (Å²) >= 11 is 0. The number of urea groups is 1. The maximum absolute atomic E-state index is 12.0. The molecule has 0 atom stereocenters. The van der Waals surface area contributed by atoms with Crippen molar-refractivity contribution in [1.29, 1.82) is 0 Å². The van der Waals surface area contributed by atoms with Gasteiger partial charge < -0.3 is 10.6 Å². The van der Waals surface area contributed by atoms with Crippen molar-refractivity contribution in [3.05, 3.63) is 34.4 Å². The molecule has 0 heterocycles. The quantitative estimate of drug-likeness (QED) is 0.651. The lowest BCUT2D eigenvalue weighted by atomic mass is 9.82. The highest BCUT2D eigenvalue weighted by atomic mass is 16.6. The van der Waals surface area contributed by atoms with Gasteiger partial charge in [0.25, 0.3) is 5.69 Å². The molecule has 1 aromatic rings. The van der Waals surface area contributed by atoms with Crippen molar-refractivity contribution in [3.63, 3.8) is 0 Å². The molecule has 0 aromatic heterocycles. The summed E-state index contributed by atoms with van der Waals surface area (Å²) in [6.45, 7) is 10.3. The first-order valence-corrected chi connectivity index (χ1v) is 6.82. The third-order valence-corrected chi connectivity index (χ3v) is 2.76. The normalized spacial score (nSPS) is 11.9. The second-order valence-corrected chi connectivity index (χ2v) is 7.00. The van der Waals surface area contributed by atoms with Crippen molar-refractivity contribution in [2.24, 2.45) is 5.41 Å². The number of anilines is 1. The van der Waals surface area contributed by atoms with E-state index >= 15 is 0 Å². The SMILES string of the molecule is CC(C)(C)CC(C)(C)NC(=O)Nc1ccc([N+](=O)[O-])cc1. The molecule has 1 rings (SSSR count). The van der Waals surface area contributed by atoms with Gasteiger partial charge in [0.1, 0.15) is 0 Å². The Morgan fingerprint density at radius 2 is 1.67 bits per heavy atom. The smallest absolute Gasteiger partial charge is 0.319 e. The van der Waals surface area contributed by atoms with Crippen molar-refractivity contribution in [2.75, 3.05) is 5.32 Å². The predicted octanol–water partition coefficient (Wildman–Crippen LogP) is 3.93. The van der Waals surface area contributed by atoms with Gasteiger partial charge in [0.05, 0.1) is 4.92 Å². The number of rotatable bonds is 4. The number of amides is 2. The number of hydrogen-bond acceptors (Lipinski definition) is 3. The molecule has 0 saturated heterocycles. The zero-order valence-electron chi connectivity index (χ0n) is 13.2. The number of nitrogens with zero attached hydrogens (tertiary/aromatic N) is 1. The molecule has 116 valence electrons. The Labute approximate surface area is 125 Å². The molecular weight excluding hydrogens is 270 g/mol. The minimum absolute atomic E-state index is 0.00554. The van der Waals surface area contributed by atoms with Crippen LogP contribution in [0.25, 0.3) is 0 Å². The molecule has 0 aliphatic rings. The van der Waals surface area contributed by atoms with Crippen LogP contribution in [0.3, 0.4) is 0 Å². The third-order valence-electron chi connectivity index (χ3n) is 2.76. The van der Waals surface area contributed by atoms with Gasteiger partial charge in [-0.05, 0) is 37.8 Å². The Hall–Kier alpha value is -2.11. The van der Waals surface area contributed by atoms with Gasteiger partial charge in [0.2, 0.25) is 0 Å². The van der Waals surface area contributed by atoms with Crippen molar-refractivity contribution < 1.29 is 9.72 Å². The van der Waals surface area contributed by atoms with E-state index in [1.807, 2.05) is 13.8 Å². The fourth-order valence-corrected chi connectivity index (χ4v) is 2.51. The average molecular weight is 293 g/mol. The van der Waals surface area contributed by atoms with Crippen molar-refractivity contribution >= 4 is 17.4 Å². The Morgan fingerprint density at radius 3 is 2.10 bits per heavy atom. The van der Waals surface area contributed by atoms with Gasteiger partial charge in [-0.1, -0.05) is 20.8 Å². The van der Waals surface area contributed by atoms with Gasteiger partial charge >= 0.3 is 6.03 Å². The molecular formula is C15H23N3O3. The average Bonchev–Trinajstić information content (AvgIpc) is 2.24. The molecule has 0 fully saturated rings. The summed E-state index contributed by atoms with van der Waals surface area (Å²) in [4.78, 5) is 22.1. The number of nitrogens with one attached hydrogen (secondary N) is 2. The summed E-state index contributed by atoms with van der Waals surface area (Å²) in [5, 5.41) is 16.2. The number of carbonyl (C=O) groups excluding carboxylic acids is 1. The lowest BCUT2D eigenvalue weighted by Gasteiger charge is -2.33. The zero-order chi connectivity index (χ0) is 16.3. The predicted molar refractivity (Wildman–Crippen MR) is 83.4 cm³/mol. The van der Waals surface area contributed by atoms with Crippen LogP contribution >= 0.6 is 0 Å². The van der Waals surface area contributed by atoms with Crippen LogP contribution in [-0.2, 0) is 0 Å². The fourth-order valence-electron chi connectivity index (χ4n) is 2.51. The minimum atomic E-state index is -0.476. The van der Waals surface area contributed by atoms with E-state index in [4.69, 9.17) is 0 Å². The monoisotopic (exact) mass is 293 g/mol. The number of non-ortho nitro benzene ring substituents is 1. The van der Waals surface area contributed by atoms with Gasteiger partial charge in [-0.3, -0.25) is 10.1 Å². The Bertz CT molecular complexity index is 516. The van der Waals surface area contributed by atoms with Crippen LogP contribution in [0.15, 0.2) is 24.3 Å². The number of nitro benzene ring substituents is 1. The van der Waals surface area contributed by atoms with Crippen LogP contribution in [-0.4, -0.2) is 16.5 Å². The number of benzene rings is 1. The van der Waals surface area contributed by atoms with E-state index in [1.165, 1.54) is 24.3 Å². The standard InChI is InChI=1S/C15H23N3O3/c1-14(2,3)10-15(4,5)17-13(19)16-11-6-8-12(9-7-11)18(20)21/h6-9H,10H2,1-5H3,(H2,16,17,19). The highest BCUT2D eigenvalue weighted by molar-refractivity contribution is 5.89. The summed E-state index contributed by atoms with van der Waals surface area (Å²) in [6.07, 6.45) is 0.827. The molecule has 0 aliphatic carbocycles. The van der Waals surface area contributed by atoms with Crippen molar-refractivity contribution in [2.45, 2.75) is 46.6 Å². The van der Waals surface area contributed by atoms with E-state index in [0.717, 1.165) is 6.42 Å².